The molecular weight excluding hydrogens is 250 g/mol. The van der Waals surface area contributed by atoms with E-state index in [2.05, 4.69) is 30.4 Å². The van der Waals surface area contributed by atoms with Crippen molar-refractivity contribution in [3.8, 4) is 11.3 Å². The Morgan fingerprint density at radius 2 is 1.85 bits per heavy atom. The number of nitrogens with two attached hydrogens (primary N) is 1. The van der Waals surface area contributed by atoms with E-state index in [4.69, 9.17) is 10.7 Å². The van der Waals surface area contributed by atoms with Gasteiger partial charge in [0, 0.05) is 31.3 Å². The van der Waals surface area contributed by atoms with Crippen molar-refractivity contribution in [2.75, 3.05) is 5.73 Å². The normalized spacial score (nSPS) is 11.2. The molecule has 2 rings (SSSR count). The Kier molecular flexibility index (Phi) is 4.82. The van der Waals surface area contributed by atoms with Gasteiger partial charge in [-0.25, -0.2) is 4.98 Å². The monoisotopic (exact) mass is 275 g/mol. The zero-order valence-corrected chi connectivity index (χ0v) is 12.8. The topological polar surface area (TPSA) is 61.7 Å². The molecule has 0 atom stereocenters. The molecule has 0 aromatic carbocycles. The average molecular weight is 275 g/mol. The van der Waals surface area contributed by atoms with Crippen molar-refractivity contribution in [1.29, 1.82) is 0 Å². The Morgan fingerprint density at radius 1 is 1.10 bits per heavy atom. The molecule has 0 bridgehead atoms. The maximum atomic E-state index is 6.30. The highest BCUT2D eigenvalue weighted by Gasteiger charge is 2.16. The molecule has 0 aliphatic heterocycles. The Labute approximate surface area is 120 Å². The average Bonchev–Trinajstić information content (AvgIpc) is 2.99. The number of anilines is 1. The largest absolute Gasteiger partial charge is 0.383 e. The third kappa shape index (κ3) is 2.86. The number of rotatable bonds is 7. The third-order valence-electron chi connectivity index (χ3n) is 3.37. The SMILES string of the molecule is CCCc1nc(-c2cnn(CCC)c2)c(N)n1CCC. The van der Waals surface area contributed by atoms with E-state index in [9.17, 15) is 0 Å². The fraction of sp³-hybridized carbons (Fsp3) is 0.600. The Hall–Kier alpha value is -1.78. The maximum Gasteiger partial charge on any atom is 0.131 e. The summed E-state index contributed by atoms with van der Waals surface area (Å²) in [7, 11) is 0. The number of hydrogen-bond acceptors (Lipinski definition) is 3. The second kappa shape index (κ2) is 6.59. The summed E-state index contributed by atoms with van der Waals surface area (Å²) in [6, 6.07) is 0. The molecule has 0 saturated heterocycles. The smallest absolute Gasteiger partial charge is 0.131 e. The van der Waals surface area contributed by atoms with Crippen LogP contribution >= 0.6 is 0 Å². The highest BCUT2D eigenvalue weighted by Crippen LogP contribution is 2.27. The molecule has 2 heterocycles. The van der Waals surface area contributed by atoms with Gasteiger partial charge in [-0.15, -0.1) is 0 Å². The van der Waals surface area contributed by atoms with Crippen LogP contribution < -0.4 is 5.73 Å². The Balaban J connectivity index is 2.37. The molecule has 0 radical (unpaired) electrons. The first-order chi connectivity index (χ1) is 9.71. The predicted molar refractivity (Wildman–Crippen MR) is 82.4 cm³/mol. The van der Waals surface area contributed by atoms with Gasteiger partial charge in [-0.3, -0.25) is 4.68 Å². The Morgan fingerprint density at radius 3 is 2.50 bits per heavy atom. The minimum Gasteiger partial charge on any atom is -0.383 e. The molecule has 2 N–H and O–H groups in total. The van der Waals surface area contributed by atoms with Crippen molar-refractivity contribution in [3.05, 3.63) is 18.2 Å². The van der Waals surface area contributed by atoms with Crippen molar-refractivity contribution in [1.82, 2.24) is 19.3 Å². The van der Waals surface area contributed by atoms with Crippen LogP contribution in [-0.4, -0.2) is 19.3 Å². The molecule has 20 heavy (non-hydrogen) atoms. The second-order valence-corrected chi connectivity index (χ2v) is 5.16. The summed E-state index contributed by atoms with van der Waals surface area (Å²) in [4.78, 5) is 4.75. The van der Waals surface area contributed by atoms with E-state index in [0.717, 1.165) is 61.7 Å². The fourth-order valence-electron chi connectivity index (χ4n) is 2.45. The number of aryl methyl sites for hydroxylation is 2. The van der Waals surface area contributed by atoms with Crippen LogP contribution in [0.25, 0.3) is 11.3 Å². The number of nitrogen functional groups attached to an aromatic ring is 1. The van der Waals surface area contributed by atoms with Crippen molar-refractivity contribution >= 4 is 5.82 Å². The van der Waals surface area contributed by atoms with E-state index in [0.29, 0.717) is 0 Å². The molecule has 0 aliphatic carbocycles. The lowest BCUT2D eigenvalue weighted by Gasteiger charge is -2.07. The standard InChI is InChI=1S/C15H25N5/c1-4-7-13-18-14(15(16)20(13)9-6-3)12-10-17-19(11-12)8-5-2/h10-11H,4-9,16H2,1-3H3. The minimum absolute atomic E-state index is 0.770. The van der Waals surface area contributed by atoms with E-state index in [1.807, 2.05) is 17.1 Å². The molecular formula is C15H25N5. The lowest BCUT2D eigenvalue weighted by molar-refractivity contribution is 0.603. The predicted octanol–water partition coefficient (Wildman–Crippen LogP) is 3.10. The van der Waals surface area contributed by atoms with Gasteiger partial charge in [-0.05, 0) is 19.3 Å². The van der Waals surface area contributed by atoms with Crippen molar-refractivity contribution < 1.29 is 0 Å². The van der Waals surface area contributed by atoms with E-state index >= 15 is 0 Å². The van der Waals surface area contributed by atoms with Gasteiger partial charge in [0.2, 0.25) is 0 Å². The molecule has 110 valence electrons. The number of aromatic nitrogens is 4. The maximum absolute atomic E-state index is 6.30. The molecule has 0 saturated carbocycles. The van der Waals surface area contributed by atoms with E-state index in [-0.39, 0.29) is 0 Å². The van der Waals surface area contributed by atoms with Crippen LogP contribution in [0.2, 0.25) is 0 Å². The van der Waals surface area contributed by atoms with Crippen molar-refractivity contribution in [2.45, 2.75) is 59.5 Å². The van der Waals surface area contributed by atoms with Crippen molar-refractivity contribution in [3.63, 3.8) is 0 Å². The van der Waals surface area contributed by atoms with Crippen LogP contribution in [0.15, 0.2) is 12.4 Å². The summed E-state index contributed by atoms with van der Waals surface area (Å²) in [5.41, 5.74) is 8.19. The zero-order valence-electron chi connectivity index (χ0n) is 12.8. The molecule has 2 aromatic heterocycles. The van der Waals surface area contributed by atoms with E-state index in [1.165, 1.54) is 0 Å². The molecule has 0 aliphatic rings. The quantitative estimate of drug-likeness (QED) is 0.844. The summed E-state index contributed by atoms with van der Waals surface area (Å²) in [6.07, 6.45) is 8.07. The van der Waals surface area contributed by atoms with Gasteiger partial charge in [0.25, 0.3) is 0 Å². The van der Waals surface area contributed by atoms with Crippen LogP contribution in [0.4, 0.5) is 5.82 Å². The number of hydrogen-bond donors (Lipinski definition) is 1. The first kappa shape index (κ1) is 14.6. The second-order valence-electron chi connectivity index (χ2n) is 5.16. The molecule has 0 spiro atoms. The first-order valence-corrected chi connectivity index (χ1v) is 7.58. The van der Waals surface area contributed by atoms with Gasteiger partial charge < -0.3 is 10.3 Å². The Bertz CT molecular complexity index is 553. The molecule has 5 nitrogen and oxygen atoms in total. The first-order valence-electron chi connectivity index (χ1n) is 7.58. The zero-order chi connectivity index (χ0) is 14.5. The van der Waals surface area contributed by atoms with Gasteiger partial charge in [-0.2, -0.15) is 5.10 Å². The summed E-state index contributed by atoms with van der Waals surface area (Å²) in [6.45, 7) is 8.33. The highest BCUT2D eigenvalue weighted by molar-refractivity contribution is 5.70. The molecule has 2 aromatic rings. The molecule has 0 amide bonds. The van der Waals surface area contributed by atoms with Gasteiger partial charge in [0.15, 0.2) is 0 Å². The number of imidazole rings is 1. The summed E-state index contributed by atoms with van der Waals surface area (Å²) in [5.74, 6) is 1.86. The van der Waals surface area contributed by atoms with Crippen LogP contribution in [0.5, 0.6) is 0 Å². The van der Waals surface area contributed by atoms with Gasteiger partial charge in [0.05, 0.1) is 6.20 Å². The van der Waals surface area contributed by atoms with Crippen LogP contribution in [0, 0.1) is 0 Å². The van der Waals surface area contributed by atoms with Gasteiger partial charge in [-0.1, -0.05) is 20.8 Å². The molecule has 5 heteroatoms. The summed E-state index contributed by atoms with van der Waals surface area (Å²) >= 11 is 0. The molecule has 0 fully saturated rings. The van der Waals surface area contributed by atoms with Crippen LogP contribution in [-0.2, 0) is 19.5 Å². The minimum atomic E-state index is 0.770. The lowest BCUT2D eigenvalue weighted by atomic mass is 10.2. The molecule has 0 unspecified atom stereocenters. The third-order valence-corrected chi connectivity index (χ3v) is 3.37. The summed E-state index contributed by atoms with van der Waals surface area (Å²) in [5, 5.41) is 4.37. The van der Waals surface area contributed by atoms with E-state index in [1.54, 1.807) is 0 Å². The highest BCUT2D eigenvalue weighted by atomic mass is 15.3. The van der Waals surface area contributed by atoms with Gasteiger partial charge in [0.1, 0.15) is 17.3 Å². The van der Waals surface area contributed by atoms with Crippen LogP contribution in [0.1, 0.15) is 45.9 Å². The van der Waals surface area contributed by atoms with Crippen LogP contribution in [0.3, 0.4) is 0 Å². The van der Waals surface area contributed by atoms with Gasteiger partial charge >= 0.3 is 0 Å². The lowest BCUT2D eigenvalue weighted by Crippen LogP contribution is -2.06. The summed E-state index contributed by atoms with van der Waals surface area (Å²) < 4.78 is 4.10. The number of nitrogens with zero attached hydrogens (tertiary/aromatic N) is 4. The van der Waals surface area contributed by atoms with Crippen molar-refractivity contribution in [2.24, 2.45) is 0 Å². The fourth-order valence-corrected chi connectivity index (χ4v) is 2.45. The van der Waals surface area contributed by atoms with E-state index < -0.39 is 0 Å².